The molecular weight excluding hydrogens is 347 g/mol. The van der Waals surface area contributed by atoms with Gasteiger partial charge >= 0.3 is 0 Å². The highest BCUT2D eigenvalue weighted by atomic mass is 19.1. The van der Waals surface area contributed by atoms with Crippen LogP contribution >= 0.6 is 0 Å². The highest BCUT2D eigenvalue weighted by Gasteiger charge is 2.14. The van der Waals surface area contributed by atoms with Crippen LogP contribution in [0.25, 0.3) is 10.8 Å². The highest BCUT2D eigenvalue weighted by Crippen LogP contribution is 2.21. The van der Waals surface area contributed by atoms with Crippen LogP contribution in [-0.4, -0.2) is 25.3 Å². The first kappa shape index (κ1) is 18.4. The summed E-state index contributed by atoms with van der Waals surface area (Å²) in [5, 5.41) is 5.96. The first-order valence-electron chi connectivity index (χ1n) is 8.39. The summed E-state index contributed by atoms with van der Waals surface area (Å²) in [5.74, 6) is -0.166. The first-order chi connectivity index (χ1) is 13.1. The van der Waals surface area contributed by atoms with Crippen molar-refractivity contribution in [1.82, 2.24) is 5.43 Å². The highest BCUT2D eigenvalue weighted by molar-refractivity contribution is 5.85. The van der Waals surface area contributed by atoms with Crippen LogP contribution in [-0.2, 0) is 4.79 Å². The number of carbonyl (C=O) groups excluding carboxylic acids is 1. The molecule has 1 atom stereocenters. The average Bonchev–Trinajstić information content (AvgIpc) is 2.68. The summed E-state index contributed by atoms with van der Waals surface area (Å²) in [6.07, 6.45) is 0.610. The number of hydrogen-bond donors (Lipinski definition) is 1. The third kappa shape index (κ3) is 4.61. The molecule has 138 valence electrons. The zero-order valence-electron chi connectivity index (χ0n) is 15.0. The van der Waals surface area contributed by atoms with Crippen molar-refractivity contribution < 1.29 is 18.7 Å². The van der Waals surface area contributed by atoms with Crippen molar-refractivity contribution in [2.75, 3.05) is 7.11 Å². The van der Waals surface area contributed by atoms with E-state index in [9.17, 15) is 9.18 Å². The lowest BCUT2D eigenvalue weighted by molar-refractivity contribution is -0.127. The number of benzene rings is 3. The Bertz CT molecular complexity index is 988. The number of fused-ring (bicyclic) bond motifs is 1. The Morgan fingerprint density at radius 3 is 2.63 bits per heavy atom. The van der Waals surface area contributed by atoms with E-state index < -0.39 is 17.8 Å². The van der Waals surface area contributed by atoms with Gasteiger partial charge in [0.1, 0.15) is 5.75 Å². The Morgan fingerprint density at radius 2 is 1.89 bits per heavy atom. The van der Waals surface area contributed by atoms with E-state index in [1.807, 2.05) is 42.5 Å². The monoisotopic (exact) mass is 366 g/mol. The van der Waals surface area contributed by atoms with Gasteiger partial charge in [0.2, 0.25) is 0 Å². The van der Waals surface area contributed by atoms with Crippen molar-refractivity contribution in [3.63, 3.8) is 0 Å². The van der Waals surface area contributed by atoms with E-state index in [0.717, 1.165) is 10.8 Å². The average molecular weight is 366 g/mol. The molecule has 0 aromatic heterocycles. The van der Waals surface area contributed by atoms with E-state index >= 15 is 0 Å². The maximum Gasteiger partial charge on any atom is 0.280 e. The van der Waals surface area contributed by atoms with Gasteiger partial charge in [-0.2, -0.15) is 5.10 Å². The molecular formula is C21H19FN2O3. The van der Waals surface area contributed by atoms with Crippen LogP contribution in [0.3, 0.4) is 0 Å². The number of rotatable bonds is 6. The lowest BCUT2D eigenvalue weighted by atomic mass is 10.1. The van der Waals surface area contributed by atoms with Gasteiger partial charge in [-0.05, 0) is 53.6 Å². The molecule has 0 saturated carbocycles. The van der Waals surface area contributed by atoms with E-state index in [-0.39, 0.29) is 5.75 Å². The Kier molecular flexibility index (Phi) is 5.66. The third-order valence-electron chi connectivity index (χ3n) is 3.97. The molecule has 0 aliphatic rings. The summed E-state index contributed by atoms with van der Waals surface area (Å²) in [5.41, 5.74) is 2.89. The Morgan fingerprint density at radius 1 is 1.11 bits per heavy atom. The maximum atomic E-state index is 13.6. The Hall–Kier alpha value is -3.41. The fraction of sp³-hybridized carbons (Fsp3) is 0.143. The fourth-order valence-electron chi connectivity index (χ4n) is 2.52. The number of amides is 1. The summed E-state index contributed by atoms with van der Waals surface area (Å²) < 4.78 is 24.1. The number of hydrogen-bond acceptors (Lipinski definition) is 4. The van der Waals surface area contributed by atoms with E-state index in [2.05, 4.69) is 10.5 Å². The van der Waals surface area contributed by atoms with E-state index in [4.69, 9.17) is 9.47 Å². The normalized spacial score (nSPS) is 12.1. The lowest BCUT2D eigenvalue weighted by Crippen LogP contribution is -2.33. The number of methoxy groups -OCH3 is 1. The van der Waals surface area contributed by atoms with Crippen LogP contribution in [0.1, 0.15) is 12.5 Å². The second-order valence-electron chi connectivity index (χ2n) is 5.90. The molecule has 0 aliphatic heterocycles. The molecule has 0 bridgehead atoms. The molecule has 0 aliphatic carbocycles. The molecule has 5 nitrogen and oxygen atoms in total. The smallest absolute Gasteiger partial charge is 0.280 e. The molecule has 1 amide bonds. The first-order valence-corrected chi connectivity index (χ1v) is 8.39. The molecule has 0 radical (unpaired) electrons. The lowest BCUT2D eigenvalue weighted by Gasteiger charge is -2.13. The van der Waals surface area contributed by atoms with Gasteiger partial charge in [-0.25, -0.2) is 9.82 Å². The fourth-order valence-corrected chi connectivity index (χ4v) is 2.52. The van der Waals surface area contributed by atoms with Gasteiger partial charge in [-0.15, -0.1) is 0 Å². The van der Waals surface area contributed by atoms with Gasteiger partial charge in [0.05, 0.1) is 13.3 Å². The summed E-state index contributed by atoms with van der Waals surface area (Å²) in [6.45, 7) is 1.63. The van der Waals surface area contributed by atoms with Crippen molar-refractivity contribution in [3.8, 4) is 11.5 Å². The standard InChI is InChI=1S/C21H19FN2O3/c1-14(27-18-9-8-16-5-3-4-6-17(16)12-18)21(25)24-23-13-15-7-10-20(26-2)19(22)11-15/h3-14H,1-2H3,(H,24,25)/b23-13-/t14-/m1/s1. The number of nitrogens with one attached hydrogen (secondary N) is 1. The van der Waals surface area contributed by atoms with Crippen molar-refractivity contribution in [2.24, 2.45) is 5.10 Å². The van der Waals surface area contributed by atoms with E-state index in [1.165, 1.54) is 25.5 Å². The molecule has 3 aromatic rings. The minimum Gasteiger partial charge on any atom is -0.494 e. The molecule has 3 aromatic carbocycles. The number of halogens is 1. The topological polar surface area (TPSA) is 59.9 Å². The van der Waals surface area contributed by atoms with Crippen LogP contribution in [0, 0.1) is 5.82 Å². The van der Waals surface area contributed by atoms with Gasteiger partial charge in [-0.1, -0.05) is 30.3 Å². The molecule has 3 rings (SSSR count). The van der Waals surface area contributed by atoms with Crippen LogP contribution in [0.15, 0.2) is 65.8 Å². The van der Waals surface area contributed by atoms with Crippen LogP contribution in [0.5, 0.6) is 11.5 Å². The van der Waals surface area contributed by atoms with Gasteiger partial charge in [0, 0.05) is 0 Å². The minimum absolute atomic E-state index is 0.147. The predicted molar refractivity (Wildman–Crippen MR) is 103 cm³/mol. The largest absolute Gasteiger partial charge is 0.494 e. The predicted octanol–water partition coefficient (Wildman–Crippen LogP) is 3.91. The zero-order chi connectivity index (χ0) is 19.2. The van der Waals surface area contributed by atoms with Crippen LogP contribution in [0.4, 0.5) is 4.39 Å². The quantitative estimate of drug-likeness (QED) is 0.532. The van der Waals surface area contributed by atoms with Gasteiger partial charge in [0.25, 0.3) is 5.91 Å². The molecule has 0 spiro atoms. The van der Waals surface area contributed by atoms with Crippen molar-refractivity contribution in [2.45, 2.75) is 13.0 Å². The Labute approximate surface area is 156 Å². The van der Waals surface area contributed by atoms with Crippen molar-refractivity contribution in [1.29, 1.82) is 0 Å². The molecule has 1 N–H and O–H groups in total. The van der Waals surface area contributed by atoms with Crippen molar-refractivity contribution >= 4 is 22.9 Å². The molecule has 27 heavy (non-hydrogen) atoms. The van der Waals surface area contributed by atoms with E-state index in [1.54, 1.807) is 13.0 Å². The zero-order valence-corrected chi connectivity index (χ0v) is 15.0. The number of carbonyl (C=O) groups is 1. The van der Waals surface area contributed by atoms with Gasteiger partial charge in [0.15, 0.2) is 17.7 Å². The maximum absolute atomic E-state index is 13.6. The number of nitrogens with zero attached hydrogens (tertiary/aromatic N) is 1. The summed E-state index contributed by atoms with van der Waals surface area (Å²) in [4.78, 5) is 12.1. The molecule has 6 heteroatoms. The minimum atomic E-state index is -0.740. The summed E-state index contributed by atoms with van der Waals surface area (Å²) in [7, 11) is 1.39. The molecule has 0 heterocycles. The van der Waals surface area contributed by atoms with Gasteiger partial charge < -0.3 is 9.47 Å². The van der Waals surface area contributed by atoms with Crippen LogP contribution in [0.2, 0.25) is 0 Å². The van der Waals surface area contributed by atoms with E-state index in [0.29, 0.717) is 11.3 Å². The summed E-state index contributed by atoms with van der Waals surface area (Å²) >= 11 is 0. The Balaban J connectivity index is 1.59. The molecule has 0 unspecified atom stereocenters. The second-order valence-corrected chi connectivity index (χ2v) is 5.90. The van der Waals surface area contributed by atoms with Gasteiger partial charge in [-0.3, -0.25) is 4.79 Å². The number of hydrazone groups is 1. The van der Waals surface area contributed by atoms with Crippen molar-refractivity contribution in [3.05, 3.63) is 72.0 Å². The second kappa shape index (κ2) is 8.31. The molecule has 0 fully saturated rings. The number of ether oxygens (including phenoxy) is 2. The summed E-state index contributed by atoms with van der Waals surface area (Å²) in [6, 6.07) is 17.9. The van der Waals surface area contributed by atoms with Crippen LogP contribution < -0.4 is 14.9 Å². The SMILES string of the molecule is COc1ccc(/C=N\NC(=O)[C@@H](C)Oc2ccc3ccccc3c2)cc1F. The molecule has 0 saturated heterocycles. The third-order valence-corrected chi connectivity index (χ3v) is 3.97.